The van der Waals surface area contributed by atoms with Gasteiger partial charge in [-0.15, -0.1) is 0 Å². The molecule has 0 bridgehead atoms. The van der Waals surface area contributed by atoms with Crippen LogP contribution in [-0.2, 0) is 0 Å². The molecule has 0 fully saturated rings. The lowest BCUT2D eigenvalue weighted by Gasteiger charge is -2.05. The van der Waals surface area contributed by atoms with E-state index in [1.807, 2.05) is 54.6 Å². The van der Waals surface area contributed by atoms with Crippen LogP contribution in [0.3, 0.4) is 0 Å². The summed E-state index contributed by atoms with van der Waals surface area (Å²) in [4.78, 5) is 0.989. The van der Waals surface area contributed by atoms with Crippen LogP contribution >= 0.6 is 11.9 Å². The normalized spacial score (nSPS) is 9.93. The molecule has 0 heterocycles. The molecule has 2 aromatic carbocycles. The van der Waals surface area contributed by atoms with Crippen molar-refractivity contribution in [3.8, 4) is 11.5 Å². The largest absolute Gasteiger partial charge is 0.457 e. The standard InChI is InChI=1S/C12H11NOS/c13-15-12-8-4-7-11(9-12)14-10-5-2-1-3-6-10/h1-9H,13H2. The summed E-state index contributed by atoms with van der Waals surface area (Å²) in [7, 11) is 0. The Balaban J connectivity index is 2.17. The molecule has 0 amide bonds. The number of benzene rings is 2. The van der Waals surface area contributed by atoms with E-state index in [-0.39, 0.29) is 0 Å². The second kappa shape index (κ2) is 4.87. The van der Waals surface area contributed by atoms with E-state index in [1.165, 1.54) is 11.9 Å². The van der Waals surface area contributed by atoms with Gasteiger partial charge in [-0.1, -0.05) is 24.3 Å². The highest BCUT2D eigenvalue weighted by molar-refractivity contribution is 7.97. The predicted octanol–water partition coefficient (Wildman–Crippen LogP) is 3.44. The summed E-state index contributed by atoms with van der Waals surface area (Å²) in [5.41, 5.74) is 0. The smallest absolute Gasteiger partial charge is 0.128 e. The van der Waals surface area contributed by atoms with Crippen molar-refractivity contribution in [3.05, 3.63) is 54.6 Å². The van der Waals surface area contributed by atoms with E-state index >= 15 is 0 Å². The molecule has 15 heavy (non-hydrogen) atoms. The molecule has 2 aromatic rings. The Hall–Kier alpha value is -1.45. The molecule has 0 aliphatic heterocycles. The van der Waals surface area contributed by atoms with Crippen LogP contribution in [0.15, 0.2) is 59.5 Å². The maximum absolute atomic E-state index is 5.65. The molecule has 76 valence electrons. The van der Waals surface area contributed by atoms with Gasteiger partial charge in [0.15, 0.2) is 0 Å². The third-order valence-corrected chi connectivity index (χ3v) is 2.45. The van der Waals surface area contributed by atoms with E-state index < -0.39 is 0 Å². The molecule has 0 spiro atoms. The van der Waals surface area contributed by atoms with Crippen LogP contribution in [0.4, 0.5) is 0 Å². The first-order valence-electron chi connectivity index (χ1n) is 4.58. The average molecular weight is 217 g/mol. The fourth-order valence-corrected chi connectivity index (χ4v) is 1.58. The molecule has 0 saturated heterocycles. The summed E-state index contributed by atoms with van der Waals surface area (Å²) in [6, 6.07) is 17.4. The molecule has 0 aliphatic carbocycles. The summed E-state index contributed by atoms with van der Waals surface area (Å²) in [6.45, 7) is 0. The topological polar surface area (TPSA) is 35.2 Å². The first-order chi connectivity index (χ1) is 7.38. The maximum Gasteiger partial charge on any atom is 0.128 e. The minimum Gasteiger partial charge on any atom is -0.457 e. The number of hydrogen-bond acceptors (Lipinski definition) is 3. The Morgan fingerprint density at radius 2 is 1.60 bits per heavy atom. The van der Waals surface area contributed by atoms with Gasteiger partial charge in [-0.25, -0.2) is 0 Å². The van der Waals surface area contributed by atoms with Gasteiger partial charge in [-0.3, -0.25) is 5.14 Å². The van der Waals surface area contributed by atoms with Crippen molar-refractivity contribution in [2.45, 2.75) is 4.90 Å². The average Bonchev–Trinajstić information content (AvgIpc) is 2.31. The number of rotatable bonds is 3. The highest BCUT2D eigenvalue weighted by atomic mass is 32.2. The molecular formula is C12H11NOS. The number of para-hydroxylation sites is 1. The van der Waals surface area contributed by atoms with Crippen molar-refractivity contribution in [3.63, 3.8) is 0 Å². The van der Waals surface area contributed by atoms with Crippen LogP contribution in [0.25, 0.3) is 0 Å². The number of ether oxygens (including phenoxy) is 1. The zero-order valence-electron chi connectivity index (χ0n) is 8.09. The number of hydrogen-bond donors (Lipinski definition) is 1. The Bertz CT molecular complexity index is 431. The zero-order chi connectivity index (χ0) is 10.5. The fourth-order valence-electron chi connectivity index (χ4n) is 1.24. The molecule has 0 atom stereocenters. The van der Waals surface area contributed by atoms with Crippen LogP contribution in [0, 0.1) is 0 Å². The molecule has 2 rings (SSSR count). The van der Waals surface area contributed by atoms with E-state index in [9.17, 15) is 0 Å². The van der Waals surface area contributed by atoms with Crippen molar-refractivity contribution < 1.29 is 4.74 Å². The van der Waals surface area contributed by atoms with Crippen molar-refractivity contribution >= 4 is 11.9 Å². The van der Waals surface area contributed by atoms with Crippen molar-refractivity contribution in [1.82, 2.24) is 0 Å². The first kappa shape index (κ1) is 10.1. The van der Waals surface area contributed by atoms with Crippen LogP contribution in [0.5, 0.6) is 11.5 Å². The molecular weight excluding hydrogens is 206 g/mol. The second-order valence-electron chi connectivity index (χ2n) is 3.01. The second-order valence-corrected chi connectivity index (χ2v) is 3.71. The first-order valence-corrected chi connectivity index (χ1v) is 5.46. The Kier molecular flexibility index (Phi) is 3.27. The molecule has 0 unspecified atom stereocenters. The molecule has 0 radical (unpaired) electrons. The highest BCUT2D eigenvalue weighted by Crippen LogP contribution is 2.24. The van der Waals surface area contributed by atoms with E-state index in [4.69, 9.17) is 9.88 Å². The van der Waals surface area contributed by atoms with Gasteiger partial charge in [0.25, 0.3) is 0 Å². The quantitative estimate of drug-likeness (QED) is 0.800. The van der Waals surface area contributed by atoms with Crippen molar-refractivity contribution in [2.75, 3.05) is 0 Å². The Morgan fingerprint density at radius 3 is 2.33 bits per heavy atom. The highest BCUT2D eigenvalue weighted by Gasteiger charge is 1.97. The molecule has 2 nitrogen and oxygen atoms in total. The van der Waals surface area contributed by atoms with Gasteiger partial charge >= 0.3 is 0 Å². The van der Waals surface area contributed by atoms with Gasteiger partial charge in [0, 0.05) is 4.90 Å². The van der Waals surface area contributed by atoms with E-state index in [0.717, 1.165) is 16.4 Å². The predicted molar refractivity (Wildman–Crippen MR) is 63.0 cm³/mol. The minimum absolute atomic E-state index is 0.802. The van der Waals surface area contributed by atoms with Gasteiger partial charge in [0.2, 0.25) is 0 Å². The molecule has 0 aromatic heterocycles. The van der Waals surface area contributed by atoms with E-state index in [1.54, 1.807) is 0 Å². The van der Waals surface area contributed by atoms with Gasteiger partial charge in [0.1, 0.15) is 11.5 Å². The summed E-state index contributed by atoms with van der Waals surface area (Å²) >= 11 is 1.21. The third kappa shape index (κ3) is 2.75. The molecule has 0 saturated carbocycles. The van der Waals surface area contributed by atoms with Crippen LogP contribution in [-0.4, -0.2) is 0 Å². The van der Waals surface area contributed by atoms with Crippen LogP contribution < -0.4 is 9.88 Å². The van der Waals surface area contributed by atoms with Crippen molar-refractivity contribution in [2.24, 2.45) is 5.14 Å². The summed E-state index contributed by atoms with van der Waals surface area (Å²) in [5, 5.41) is 5.47. The fraction of sp³-hybridized carbons (Fsp3) is 0. The molecule has 3 heteroatoms. The van der Waals surface area contributed by atoms with Gasteiger partial charge in [-0.05, 0) is 42.3 Å². The lowest BCUT2D eigenvalue weighted by atomic mass is 10.3. The van der Waals surface area contributed by atoms with Gasteiger partial charge in [-0.2, -0.15) is 0 Å². The summed E-state index contributed by atoms with van der Waals surface area (Å²) in [5.74, 6) is 1.63. The minimum atomic E-state index is 0.802. The lowest BCUT2D eigenvalue weighted by molar-refractivity contribution is 0.481. The molecule has 2 N–H and O–H groups in total. The SMILES string of the molecule is NSc1cccc(Oc2ccccc2)c1. The van der Waals surface area contributed by atoms with Gasteiger partial charge in [0.05, 0.1) is 0 Å². The summed E-state index contributed by atoms with van der Waals surface area (Å²) < 4.78 is 5.65. The van der Waals surface area contributed by atoms with E-state index in [2.05, 4.69) is 0 Å². The number of nitrogens with two attached hydrogens (primary N) is 1. The maximum atomic E-state index is 5.65. The monoisotopic (exact) mass is 217 g/mol. The molecule has 0 aliphatic rings. The van der Waals surface area contributed by atoms with Crippen LogP contribution in [0.1, 0.15) is 0 Å². The van der Waals surface area contributed by atoms with Crippen molar-refractivity contribution in [1.29, 1.82) is 0 Å². The van der Waals surface area contributed by atoms with E-state index in [0.29, 0.717) is 0 Å². The Labute approximate surface area is 93.2 Å². The summed E-state index contributed by atoms with van der Waals surface area (Å²) in [6.07, 6.45) is 0. The van der Waals surface area contributed by atoms with Gasteiger partial charge < -0.3 is 4.74 Å². The third-order valence-electron chi connectivity index (χ3n) is 1.92. The zero-order valence-corrected chi connectivity index (χ0v) is 8.91. The van der Waals surface area contributed by atoms with Crippen LogP contribution in [0.2, 0.25) is 0 Å². The lowest BCUT2D eigenvalue weighted by Crippen LogP contribution is -1.85. The Morgan fingerprint density at radius 1 is 0.867 bits per heavy atom.